The first kappa shape index (κ1) is 7.28. The lowest BCUT2D eigenvalue weighted by Gasteiger charge is -1.99. The Balaban J connectivity index is 2.15. The fourth-order valence-corrected chi connectivity index (χ4v) is 0.810. The first-order chi connectivity index (χ1) is 4.93. The minimum absolute atomic E-state index is 0.818. The molecule has 0 aliphatic rings. The summed E-state index contributed by atoms with van der Waals surface area (Å²) in [5.41, 5.74) is 0. The van der Waals surface area contributed by atoms with Crippen molar-refractivity contribution in [2.24, 2.45) is 0 Å². The average Bonchev–Trinajstić information content (AvgIpc) is 2.41. The monoisotopic (exact) mass is 140 g/mol. The number of methoxy groups -OCH3 is 1. The van der Waals surface area contributed by atoms with Crippen molar-refractivity contribution in [3.05, 3.63) is 18.7 Å². The van der Waals surface area contributed by atoms with E-state index in [0.29, 0.717) is 0 Å². The Hall–Kier alpha value is -0.830. The molecule has 1 aromatic rings. The Bertz CT molecular complexity index is 160. The van der Waals surface area contributed by atoms with Gasteiger partial charge >= 0.3 is 0 Å². The van der Waals surface area contributed by atoms with Gasteiger partial charge in [-0.25, -0.2) is 4.98 Å². The van der Waals surface area contributed by atoms with E-state index in [1.807, 2.05) is 17.1 Å². The van der Waals surface area contributed by atoms with E-state index in [1.165, 1.54) is 0 Å². The van der Waals surface area contributed by atoms with Crippen LogP contribution in [0.4, 0.5) is 0 Å². The second-order valence-electron chi connectivity index (χ2n) is 2.15. The molecule has 1 rings (SSSR count). The molecule has 1 aromatic heterocycles. The van der Waals surface area contributed by atoms with Crippen molar-refractivity contribution in [3.8, 4) is 0 Å². The summed E-state index contributed by atoms with van der Waals surface area (Å²) in [7, 11) is 1.72. The van der Waals surface area contributed by atoms with Crippen LogP contribution in [0.15, 0.2) is 18.7 Å². The number of ether oxygens (including phenoxy) is 1. The van der Waals surface area contributed by atoms with Gasteiger partial charge in [0.15, 0.2) is 0 Å². The Kier molecular flexibility index (Phi) is 2.96. The highest BCUT2D eigenvalue weighted by atomic mass is 16.5. The van der Waals surface area contributed by atoms with Gasteiger partial charge in [0, 0.05) is 32.7 Å². The van der Waals surface area contributed by atoms with E-state index in [2.05, 4.69) is 4.98 Å². The second-order valence-corrected chi connectivity index (χ2v) is 2.15. The summed E-state index contributed by atoms with van der Waals surface area (Å²) in [6.07, 6.45) is 6.60. The zero-order chi connectivity index (χ0) is 7.23. The van der Waals surface area contributed by atoms with Crippen LogP contribution in [0, 0.1) is 0 Å². The van der Waals surface area contributed by atoms with Crippen LogP contribution in [0.25, 0.3) is 0 Å². The predicted octanol–water partition coefficient (Wildman–Crippen LogP) is 0.920. The van der Waals surface area contributed by atoms with Gasteiger partial charge in [-0.2, -0.15) is 0 Å². The van der Waals surface area contributed by atoms with Crippen LogP contribution < -0.4 is 0 Å². The van der Waals surface area contributed by atoms with E-state index < -0.39 is 0 Å². The Morgan fingerprint density at radius 3 is 3.10 bits per heavy atom. The maximum absolute atomic E-state index is 4.91. The standard InChI is InChI=1S/C7H12N2O/c1-10-6-2-4-9-5-3-8-7-9/h3,5,7H,2,4,6H2,1H3. The van der Waals surface area contributed by atoms with E-state index in [1.54, 1.807) is 13.3 Å². The molecule has 3 nitrogen and oxygen atoms in total. The molecule has 0 amide bonds. The zero-order valence-electron chi connectivity index (χ0n) is 6.16. The van der Waals surface area contributed by atoms with Gasteiger partial charge in [0.25, 0.3) is 0 Å². The van der Waals surface area contributed by atoms with Gasteiger partial charge in [0.2, 0.25) is 0 Å². The molecular weight excluding hydrogens is 128 g/mol. The van der Waals surface area contributed by atoms with Crippen LogP contribution in [0.2, 0.25) is 0 Å². The lowest BCUT2D eigenvalue weighted by molar-refractivity contribution is 0.190. The summed E-state index contributed by atoms with van der Waals surface area (Å²) in [6, 6.07) is 0. The van der Waals surface area contributed by atoms with Crippen molar-refractivity contribution in [2.45, 2.75) is 13.0 Å². The molecule has 0 saturated heterocycles. The minimum atomic E-state index is 0.818. The lowest BCUT2D eigenvalue weighted by atomic mass is 10.4. The molecule has 10 heavy (non-hydrogen) atoms. The van der Waals surface area contributed by atoms with Gasteiger partial charge in [0.05, 0.1) is 6.33 Å². The number of aromatic nitrogens is 2. The maximum atomic E-state index is 4.91. The van der Waals surface area contributed by atoms with Gasteiger partial charge in [-0.15, -0.1) is 0 Å². The highest BCUT2D eigenvalue weighted by Gasteiger charge is 1.87. The molecule has 0 aliphatic carbocycles. The molecule has 1 heterocycles. The fraction of sp³-hybridized carbons (Fsp3) is 0.571. The normalized spacial score (nSPS) is 10.1. The first-order valence-electron chi connectivity index (χ1n) is 3.38. The van der Waals surface area contributed by atoms with Crippen LogP contribution in [0.3, 0.4) is 0 Å². The summed E-state index contributed by atoms with van der Waals surface area (Å²) in [4.78, 5) is 3.92. The number of aryl methyl sites for hydroxylation is 1. The van der Waals surface area contributed by atoms with Crippen molar-refractivity contribution in [1.82, 2.24) is 9.55 Å². The topological polar surface area (TPSA) is 27.1 Å². The molecular formula is C7H12N2O. The highest BCUT2D eigenvalue weighted by Crippen LogP contribution is 1.89. The second kappa shape index (κ2) is 4.06. The number of imidazole rings is 1. The predicted molar refractivity (Wildman–Crippen MR) is 38.7 cm³/mol. The van der Waals surface area contributed by atoms with Crippen LogP contribution in [-0.2, 0) is 11.3 Å². The molecule has 0 unspecified atom stereocenters. The largest absolute Gasteiger partial charge is 0.385 e. The molecule has 0 spiro atoms. The van der Waals surface area contributed by atoms with E-state index in [9.17, 15) is 0 Å². The van der Waals surface area contributed by atoms with Gasteiger partial charge < -0.3 is 9.30 Å². The number of nitrogens with zero attached hydrogens (tertiary/aromatic N) is 2. The first-order valence-corrected chi connectivity index (χ1v) is 3.38. The SMILES string of the molecule is COCCCn1ccnc1. The van der Waals surface area contributed by atoms with Crippen LogP contribution in [0.1, 0.15) is 6.42 Å². The third-order valence-corrected chi connectivity index (χ3v) is 1.32. The Labute approximate surface area is 60.6 Å². The third kappa shape index (κ3) is 2.19. The summed E-state index contributed by atoms with van der Waals surface area (Å²) in [5.74, 6) is 0. The van der Waals surface area contributed by atoms with Crippen LogP contribution in [-0.4, -0.2) is 23.3 Å². The molecule has 0 fully saturated rings. The van der Waals surface area contributed by atoms with Gasteiger partial charge in [-0.1, -0.05) is 0 Å². The number of rotatable bonds is 4. The average molecular weight is 140 g/mol. The smallest absolute Gasteiger partial charge is 0.0945 e. The van der Waals surface area contributed by atoms with Crippen molar-refractivity contribution < 1.29 is 4.74 Å². The minimum Gasteiger partial charge on any atom is -0.385 e. The van der Waals surface area contributed by atoms with Gasteiger partial charge in [-0.05, 0) is 6.42 Å². The molecule has 0 aliphatic heterocycles. The van der Waals surface area contributed by atoms with Gasteiger partial charge in [-0.3, -0.25) is 0 Å². The Morgan fingerprint density at radius 2 is 2.50 bits per heavy atom. The van der Waals surface area contributed by atoms with Crippen LogP contribution >= 0.6 is 0 Å². The summed E-state index contributed by atoms with van der Waals surface area (Å²) < 4.78 is 6.95. The molecule has 0 bridgehead atoms. The zero-order valence-corrected chi connectivity index (χ0v) is 6.16. The fourth-order valence-electron chi connectivity index (χ4n) is 0.810. The summed E-state index contributed by atoms with van der Waals surface area (Å²) in [6.45, 7) is 1.81. The molecule has 0 saturated carbocycles. The summed E-state index contributed by atoms with van der Waals surface area (Å²) in [5, 5.41) is 0. The molecule has 3 heteroatoms. The molecule has 0 radical (unpaired) electrons. The van der Waals surface area contributed by atoms with Crippen LogP contribution in [0.5, 0.6) is 0 Å². The molecule has 0 atom stereocenters. The quantitative estimate of drug-likeness (QED) is 0.581. The van der Waals surface area contributed by atoms with E-state index in [4.69, 9.17) is 4.74 Å². The van der Waals surface area contributed by atoms with Gasteiger partial charge in [0.1, 0.15) is 0 Å². The van der Waals surface area contributed by atoms with Crippen molar-refractivity contribution in [1.29, 1.82) is 0 Å². The molecule has 0 aromatic carbocycles. The number of hydrogen-bond acceptors (Lipinski definition) is 2. The van der Waals surface area contributed by atoms with Crippen molar-refractivity contribution in [2.75, 3.05) is 13.7 Å². The summed E-state index contributed by atoms with van der Waals surface area (Å²) >= 11 is 0. The highest BCUT2D eigenvalue weighted by molar-refractivity contribution is 4.73. The number of hydrogen-bond donors (Lipinski definition) is 0. The van der Waals surface area contributed by atoms with Crippen molar-refractivity contribution in [3.63, 3.8) is 0 Å². The van der Waals surface area contributed by atoms with E-state index >= 15 is 0 Å². The third-order valence-electron chi connectivity index (χ3n) is 1.32. The Morgan fingerprint density at radius 1 is 1.60 bits per heavy atom. The molecule has 0 N–H and O–H groups in total. The van der Waals surface area contributed by atoms with Crippen molar-refractivity contribution >= 4 is 0 Å². The maximum Gasteiger partial charge on any atom is 0.0945 e. The van der Waals surface area contributed by atoms with E-state index in [0.717, 1.165) is 19.6 Å². The molecule has 56 valence electrons. The lowest BCUT2D eigenvalue weighted by Crippen LogP contribution is -1.98. The van der Waals surface area contributed by atoms with E-state index in [-0.39, 0.29) is 0 Å².